The molecule has 0 amide bonds. The summed E-state index contributed by atoms with van der Waals surface area (Å²) in [5.74, 6) is -0.674. The predicted molar refractivity (Wildman–Crippen MR) is 73.9 cm³/mol. The van der Waals surface area contributed by atoms with Gasteiger partial charge in [-0.1, -0.05) is 19.4 Å². The molecule has 1 aliphatic heterocycles. The molecule has 0 saturated carbocycles. The van der Waals surface area contributed by atoms with E-state index in [9.17, 15) is 9.90 Å². The Labute approximate surface area is 114 Å². The highest BCUT2D eigenvalue weighted by atomic mass is 16.4. The van der Waals surface area contributed by atoms with Crippen LogP contribution in [0.1, 0.15) is 43.9 Å². The van der Waals surface area contributed by atoms with E-state index in [2.05, 4.69) is 16.8 Å². The molecular weight excluding hydrogens is 240 g/mol. The van der Waals surface area contributed by atoms with Gasteiger partial charge in [0.1, 0.15) is 5.54 Å². The van der Waals surface area contributed by atoms with Crippen LogP contribution in [-0.4, -0.2) is 33.0 Å². The Morgan fingerprint density at radius 2 is 2.32 bits per heavy atom. The third-order valence-electron chi connectivity index (χ3n) is 4.03. The number of hydrogen-bond donors (Lipinski definition) is 1. The molecular formula is C15H22N2O2. The maximum atomic E-state index is 11.7. The molecule has 1 aromatic rings. The normalized spacial score (nSPS) is 23.7. The second-order valence-corrected chi connectivity index (χ2v) is 5.42. The highest BCUT2D eigenvalue weighted by molar-refractivity contribution is 5.79. The molecule has 0 bridgehead atoms. The van der Waals surface area contributed by atoms with E-state index in [0.29, 0.717) is 6.54 Å². The second kappa shape index (κ2) is 5.70. The van der Waals surface area contributed by atoms with Crippen LogP contribution in [0.15, 0.2) is 18.3 Å². The van der Waals surface area contributed by atoms with Crippen molar-refractivity contribution in [1.82, 2.24) is 9.88 Å². The molecule has 19 heavy (non-hydrogen) atoms. The third-order valence-corrected chi connectivity index (χ3v) is 4.03. The van der Waals surface area contributed by atoms with Crippen LogP contribution in [0.4, 0.5) is 0 Å². The van der Waals surface area contributed by atoms with Crippen molar-refractivity contribution in [2.45, 2.75) is 51.6 Å². The van der Waals surface area contributed by atoms with Crippen LogP contribution in [0.2, 0.25) is 0 Å². The van der Waals surface area contributed by atoms with Gasteiger partial charge in [0.15, 0.2) is 0 Å². The largest absolute Gasteiger partial charge is 0.480 e. The Bertz CT molecular complexity index is 444. The first-order valence-corrected chi connectivity index (χ1v) is 6.98. The molecule has 1 fully saturated rings. The lowest BCUT2D eigenvalue weighted by Gasteiger charge is -2.34. The molecule has 2 heterocycles. The van der Waals surface area contributed by atoms with E-state index in [1.54, 1.807) is 0 Å². The summed E-state index contributed by atoms with van der Waals surface area (Å²) in [6.45, 7) is 5.55. The molecule has 0 aliphatic carbocycles. The van der Waals surface area contributed by atoms with Gasteiger partial charge in [-0.15, -0.1) is 0 Å². The minimum atomic E-state index is -0.674. The Balaban J connectivity index is 2.17. The lowest BCUT2D eigenvalue weighted by molar-refractivity contribution is -0.150. The van der Waals surface area contributed by atoms with Gasteiger partial charge in [0.05, 0.1) is 0 Å². The lowest BCUT2D eigenvalue weighted by atomic mass is 9.90. The molecule has 1 aromatic heterocycles. The summed E-state index contributed by atoms with van der Waals surface area (Å²) in [5.41, 5.74) is 1.41. The minimum Gasteiger partial charge on any atom is -0.480 e. The number of likely N-dealkylation sites (tertiary alicyclic amines) is 1. The van der Waals surface area contributed by atoms with Crippen LogP contribution in [0.5, 0.6) is 0 Å². The molecule has 1 aliphatic rings. The Morgan fingerprint density at radius 3 is 2.89 bits per heavy atom. The van der Waals surface area contributed by atoms with Crippen molar-refractivity contribution in [2.75, 3.05) is 6.54 Å². The number of carbonyl (C=O) groups is 1. The molecule has 104 valence electrons. The molecule has 1 saturated heterocycles. The van der Waals surface area contributed by atoms with E-state index in [1.165, 1.54) is 0 Å². The molecule has 1 unspecified atom stereocenters. The smallest absolute Gasteiger partial charge is 0.324 e. The van der Waals surface area contributed by atoms with Crippen LogP contribution < -0.4 is 0 Å². The van der Waals surface area contributed by atoms with Gasteiger partial charge in [0.25, 0.3) is 0 Å². The Hall–Kier alpha value is -1.42. The minimum absolute atomic E-state index is 0.667. The number of nitrogens with zero attached hydrogens (tertiary/aromatic N) is 2. The van der Waals surface area contributed by atoms with E-state index in [0.717, 1.165) is 43.5 Å². The number of pyridine rings is 1. The molecule has 4 nitrogen and oxygen atoms in total. The molecule has 1 atom stereocenters. The SMILES string of the molecule is CCCC1(C(=O)O)CCCN1Cc1ccc(C)nc1. The van der Waals surface area contributed by atoms with Crippen molar-refractivity contribution in [3.8, 4) is 0 Å². The maximum Gasteiger partial charge on any atom is 0.324 e. The number of hydrogen-bond acceptors (Lipinski definition) is 3. The fraction of sp³-hybridized carbons (Fsp3) is 0.600. The van der Waals surface area contributed by atoms with Crippen molar-refractivity contribution >= 4 is 5.97 Å². The van der Waals surface area contributed by atoms with Gasteiger partial charge in [-0.3, -0.25) is 14.7 Å². The average Bonchev–Trinajstić information content (AvgIpc) is 2.77. The standard InChI is InChI=1S/C15H22N2O2/c1-3-7-15(14(18)19)8-4-9-17(15)11-13-6-5-12(2)16-10-13/h5-6,10H,3-4,7-9,11H2,1-2H3,(H,18,19). The van der Waals surface area contributed by atoms with Crippen LogP contribution in [0.3, 0.4) is 0 Å². The number of carboxylic acid groups (broad SMARTS) is 1. The third kappa shape index (κ3) is 2.78. The van der Waals surface area contributed by atoms with Crippen LogP contribution in [0, 0.1) is 6.92 Å². The first-order chi connectivity index (χ1) is 9.08. The van der Waals surface area contributed by atoms with E-state index in [4.69, 9.17) is 0 Å². The summed E-state index contributed by atoms with van der Waals surface area (Å²) in [6, 6.07) is 4.02. The van der Waals surface area contributed by atoms with Gasteiger partial charge in [-0.2, -0.15) is 0 Å². The van der Waals surface area contributed by atoms with Gasteiger partial charge >= 0.3 is 5.97 Å². The summed E-state index contributed by atoms with van der Waals surface area (Å²) >= 11 is 0. The van der Waals surface area contributed by atoms with E-state index >= 15 is 0 Å². The van der Waals surface area contributed by atoms with Crippen molar-refractivity contribution in [1.29, 1.82) is 0 Å². The second-order valence-electron chi connectivity index (χ2n) is 5.42. The number of aromatic nitrogens is 1. The van der Waals surface area contributed by atoms with Crippen LogP contribution in [0.25, 0.3) is 0 Å². The van der Waals surface area contributed by atoms with E-state index in [-0.39, 0.29) is 0 Å². The Morgan fingerprint density at radius 1 is 1.53 bits per heavy atom. The zero-order valence-electron chi connectivity index (χ0n) is 11.7. The number of aliphatic carboxylic acids is 1. The van der Waals surface area contributed by atoms with Crippen LogP contribution >= 0.6 is 0 Å². The first-order valence-electron chi connectivity index (χ1n) is 6.98. The van der Waals surface area contributed by atoms with Gasteiger partial charge in [0, 0.05) is 18.4 Å². The average molecular weight is 262 g/mol. The van der Waals surface area contributed by atoms with E-state index < -0.39 is 11.5 Å². The summed E-state index contributed by atoms with van der Waals surface area (Å²) in [5, 5.41) is 9.63. The fourth-order valence-corrected chi connectivity index (χ4v) is 3.02. The summed E-state index contributed by atoms with van der Waals surface area (Å²) in [4.78, 5) is 18.1. The van der Waals surface area contributed by atoms with Gasteiger partial charge < -0.3 is 5.11 Å². The molecule has 0 radical (unpaired) electrons. The van der Waals surface area contributed by atoms with Crippen molar-refractivity contribution in [2.24, 2.45) is 0 Å². The van der Waals surface area contributed by atoms with Crippen molar-refractivity contribution in [3.63, 3.8) is 0 Å². The summed E-state index contributed by atoms with van der Waals surface area (Å²) < 4.78 is 0. The first kappa shape index (κ1) is 14.0. The number of carboxylic acids is 1. The highest BCUT2D eigenvalue weighted by Gasteiger charge is 2.46. The summed E-state index contributed by atoms with van der Waals surface area (Å²) in [7, 11) is 0. The molecule has 2 rings (SSSR count). The molecule has 4 heteroatoms. The van der Waals surface area contributed by atoms with Crippen LogP contribution in [-0.2, 0) is 11.3 Å². The zero-order valence-corrected chi connectivity index (χ0v) is 11.7. The molecule has 0 spiro atoms. The van der Waals surface area contributed by atoms with E-state index in [1.807, 2.05) is 25.3 Å². The maximum absolute atomic E-state index is 11.7. The van der Waals surface area contributed by atoms with Gasteiger partial charge in [-0.25, -0.2) is 0 Å². The monoisotopic (exact) mass is 262 g/mol. The number of aryl methyl sites for hydroxylation is 1. The van der Waals surface area contributed by atoms with Crippen molar-refractivity contribution < 1.29 is 9.90 Å². The molecule has 0 aromatic carbocycles. The van der Waals surface area contributed by atoms with Gasteiger partial charge in [-0.05, 0) is 44.4 Å². The lowest BCUT2D eigenvalue weighted by Crippen LogP contribution is -2.49. The zero-order chi connectivity index (χ0) is 13.9. The number of rotatable bonds is 5. The fourth-order valence-electron chi connectivity index (χ4n) is 3.02. The quantitative estimate of drug-likeness (QED) is 0.886. The highest BCUT2D eigenvalue weighted by Crippen LogP contribution is 2.35. The molecule has 1 N–H and O–H groups in total. The topological polar surface area (TPSA) is 53.4 Å². The predicted octanol–water partition coefficient (Wildman–Crippen LogP) is 2.61. The Kier molecular flexibility index (Phi) is 4.20. The van der Waals surface area contributed by atoms with Crippen molar-refractivity contribution in [3.05, 3.63) is 29.6 Å². The summed E-state index contributed by atoms with van der Waals surface area (Å²) in [6.07, 6.45) is 5.20. The van der Waals surface area contributed by atoms with Gasteiger partial charge in [0.2, 0.25) is 0 Å².